The van der Waals surface area contributed by atoms with Gasteiger partial charge in [-0.2, -0.15) is 0 Å². The first-order valence-corrected chi connectivity index (χ1v) is 4.60. The van der Waals surface area contributed by atoms with Gasteiger partial charge in [0.1, 0.15) is 5.69 Å². The Morgan fingerprint density at radius 3 is 2.38 bits per heavy atom. The van der Waals surface area contributed by atoms with Gasteiger partial charge < -0.3 is 10.2 Å². The minimum Gasteiger partial charge on any atom is -0.349 e. The van der Waals surface area contributed by atoms with Crippen LogP contribution >= 0.6 is 0 Å². The molecule has 0 saturated carbocycles. The number of nitrogens with two attached hydrogens (primary N) is 1. The average molecular weight is 221 g/mol. The number of nitrogens with one attached hydrogen (secondary N) is 1. The Morgan fingerprint density at radius 1 is 1.25 bits per heavy atom. The number of aliphatic hydroxyl groups is 2. The Morgan fingerprint density at radius 2 is 1.88 bits per heavy atom. The summed E-state index contributed by atoms with van der Waals surface area (Å²) >= 11 is 0. The van der Waals surface area contributed by atoms with Gasteiger partial charge in [-0.1, -0.05) is 18.2 Å². The zero-order chi connectivity index (χ0) is 11.8. The smallest absolute Gasteiger partial charge is 0.271 e. The molecule has 2 aromatic rings. The highest BCUT2D eigenvalue weighted by Gasteiger charge is 2.23. The molecule has 0 saturated heterocycles. The fraction of sp³-hybridized carbons (Fsp3) is 0.100. The number of rotatable bonds is 2. The molecule has 0 aliphatic carbocycles. The molecule has 0 amide bonds. The minimum atomic E-state index is -2.54. The Labute approximate surface area is 90.6 Å². The summed E-state index contributed by atoms with van der Waals surface area (Å²) in [5, 5.41) is 20.8. The molecule has 6 heteroatoms. The van der Waals surface area contributed by atoms with Crippen LogP contribution < -0.4 is 11.3 Å². The van der Waals surface area contributed by atoms with E-state index in [1.54, 1.807) is 24.3 Å². The molecule has 1 aromatic carbocycles. The first kappa shape index (κ1) is 10.6. The summed E-state index contributed by atoms with van der Waals surface area (Å²) in [6, 6.07) is 9.77. The number of para-hydroxylation sites is 1. The van der Waals surface area contributed by atoms with Crippen LogP contribution in [0.2, 0.25) is 0 Å². The van der Waals surface area contributed by atoms with Crippen LogP contribution in [-0.2, 0) is 5.91 Å². The molecule has 5 N–H and O–H groups in total. The van der Waals surface area contributed by atoms with Gasteiger partial charge in [-0.15, -0.1) is 0 Å². The van der Waals surface area contributed by atoms with Gasteiger partial charge >= 0.3 is 0 Å². The average Bonchev–Trinajstić information content (AvgIpc) is 2.61. The summed E-state index contributed by atoms with van der Waals surface area (Å²) < 4.78 is 1.17. The Kier molecular flexibility index (Phi) is 2.39. The number of benzene rings is 1. The Hall–Kier alpha value is -1.89. The molecule has 0 unspecified atom stereocenters. The molecule has 2 rings (SSSR count). The molecule has 1 aromatic heterocycles. The molecule has 1 heterocycles. The van der Waals surface area contributed by atoms with Gasteiger partial charge in [0.05, 0.1) is 5.69 Å². The van der Waals surface area contributed by atoms with Crippen LogP contribution in [0.25, 0.3) is 5.69 Å². The van der Waals surface area contributed by atoms with Gasteiger partial charge in [0.2, 0.25) is 0 Å². The lowest BCUT2D eigenvalue weighted by Gasteiger charge is -2.12. The standard InChI is InChI=1S/C10H11N3O3/c11-10(15,16)8-6-9(14)13(12-8)7-4-2-1-3-5-7/h1-6,12,15-16H,11H2. The summed E-state index contributed by atoms with van der Waals surface area (Å²) in [7, 11) is 0. The van der Waals surface area contributed by atoms with Gasteiger partial charge in [-0.25, -0.2) is 4.68 Å². The van der Waals surface area contributed by atoms with Gasteiger partial charge in [0.15, 0.2) is 0 Å². The fourth-order valence-corrected chi connectivity index (χ4v) is 1.35. The number of aromatic nitrogens is 2. The van der Waals surface area contributed by atoms with E-state index >= 15 is 0 Å². The summed E-state index contributed by atoms with van der Waals surface area (Å²) in [6.07, 6.45) is 0. The van der Waals surface area contributed by atoms with E-state index in [-0.39, 0.29) is 5.69 Å². The number of aromatic amines is 1. The minimum absolute atomic E-state index is 0.165. The van der Waals surface area contributed by atoms with Gasteiger partial charge in [-0.3, -0.25) is 15.6 Å². The SMILES string of the molecule is NC(O)(O)c1cc(=O)n(-c2ccccc2)[nH]1. The topological polar surface area (TPSA) is 104 Å². The predicted molar refractivity (Wildman–Crippen MR) is 56.7 cm³/mol. The fourth-order valence-electron chi connectivity index (χ4n) is 1.35. The molecular weight excluding hydrogens is 210 g/mol. The van der Waals surface area contributed by atoms with E-state index in [2.05, 4.69) is 5.10 Å². The van der Waals surface area contributed by atoms with Crippen LogP contribution in [-0.4, -0.2) is 20.0 Å². The number of hydrogen-bond acceptors (Lipinski definition) is 4. The number of nitrogens with zero attached hydrogens (tertiary/aromatic N) is 1. The van der Waals surface area contributed by atoms with Gasteiger partial charge in [-0.05, 0) is 12.1 Å². The highest BCUT2D eigenvalue weighted by atomic mass is 16.5. The lowest BCUT2D eigenvalue weighted by molar-refractivity contribution is -0.167. The van der Waals surface area contributed by atoms with E-state index in [0.717, 1.165) is 6.07 Å². The zero-order valence-electron chi connectivity index (χ0n) is 8.29. The molecule has 6 nitrogen and oxygen atoms in total. The highest BCUT2D eigenvalue weighted by molar-refractivity contribution is 5.30. The van der Waals surface area contributed by atoms with Crippen molar-refractivity contribution in [2.75, 3.05) is 0 Å². The van der Waals surface area contributed by atoms with Crippen LogP contribution in [0.15, 0.2) is 41.2 Å². The molecule has 0 bridgehead atoms. The van der Waals surface area contributed by atoms with Crippen molar-refractivity contribution in [3.63, 3.8) is 0 Å². The lowest BCUT2D eigenvalue weighted by Crippen LogP contribution is -2.36. The maximum Gasteiger partial charge on any atom is 0.271 e. The summed E-state index contributed by atoms with van der Waals surface area (Å²) in [5.74, 6) is -2.54. The maximum absolute atomic E-state index is 11.5. The normalized spacial score (nSPS) is 11.7. The molecule has 0 fully saturated rings. The molecule has 0 aliphatic heterocycles. The highest BCUT2D eigenvalue weighted by Crippen LogP contribution is 2.08. The van der Waals surface area contributed by atoms with Crippen molar-refractivity contribution in [3.8, 4) is 5.69 Å². The van der Waals surface area contributed by atoms with Crippen molar-refractivity contribution < 1.29 is 10.2 Å². The van der Waals surface area contributed by atoms with E-state index < -0.39 is 11.5 Å². The van der Waals surface area contributed by atoms with Crippen LogP contribution in [0, 0.1) is 0 Å². The molecule has 0 radical (unpaired) electrons. The van der Waals surface area contributed by atoms with Crippen LogP contribution in [0.1, 0.15) is 5.69 Å². The molecular formula is C10H11N3O3. The van der Waals surface area contributed by atoms with Gasteiger partial charge in [0, 0.05) is 6.07 Å². The molecule has 84 valence electrons. The summed E-state index contributed by atoms with van der Waals surface area (Å²) in [5.41, 5.74) is 5.05. The van der Waals surface area contributed by atoms with E-state index in [0.29, 0.717) is 5.69 Å². The third-order valence-corrected chi connectivity index (χ3v) is 2.13. The zero-order valence-corrected chi connectivity index (χ0v) is 8.29. The third-order valence-electron chi connectivity index (χ3n) is 2.13. The van der Waals surface area contributed by atoms with Crippen molar-refractivity contribution in [1.29, 1.82) is 0 Å². The first-order valence-electron chi connectivity index (χ1n) is 4.60. The maximum atomic E-state index is 11.5. The van der Waals surface area contributed by atoms with Crippen molar-refractivity contribution in [3.05, 3.63) is 52.4 Å². The molecule has 0 aliphatic rings. The molecule has 16 heavy (non-hydrogen) atoms. The van der Waals surface area contributed by atoms with Crippen LogP contribution in [0.5, 0.6) is 0 Å². The second-order valence-electron chi connectivity index (χ2n) is 3.41. The third kappa shape index (κ3) is 1.89. The second-order valence-corrected chi connectivity index (χ2v) is 3.41. The number of hydrogen-bond donors (Lipinski definition) is 4. The van der Waals surface area contributed by atoms with E-state index in [1.165, 1.54) is 4.68 Å². The summed E-state index contributed by atoms with van der Waals surface area (Å²) in [6.45, 7) is 0. The molecule has 0 atom stereocenters. The van der Waals surface area contributed by atoms with Crippen molar-refractivity contribution in [1.82, 2.24) is 9.78 Å². The monoisotopic (exact) mass is 221 g/mol. The van der Waals surface area contributed by atoms with E-state index in [4.69, 9.17) is 15.9 Å². The van der Waals surface area contributed by atoms with Crippen LogP contribution in [0.3, 0.4) is 0 Å². The van der Waals surface area contributed by atoms with Crippen LogP contribution in [0.4, 0.5) is 0 Å². The van der Waals surface area contributed by atoms with E-state index in [9.17, 15) is 4.79 Å². The van der Waals surface area contributed by atoms with E-state index in [1.807, 2.05) is 6.07 Å². The van der Waals surface area contributed by atoms with Gasteiger partial charge in [0.25, 0.3) is 11.5 Å². The van der Waals surface area contributed by atoms with Crippen molar-refractivity contribution in [2.45, 2.75) is 5.91 Å². The molecule has 0 spiro atoms. The lowest BCUT2D eigenvalue weighted by atomic mass is 10.3. The quantitative estimate of drug-likeness (QED) is 0.499. The Bertz CT molecular complexity index is 536. The van der Waals surface area contributed by atoms with Crippen molar-refractivity contribution in [2.24, 2.45) is 5.73 Å². The first-order chi connectivity index (χ1) is 7.48. The largest absolute Gasteiger partial charge is 0.349 e. The Balaban J connectivity index is 2.53. The second kappa shape index (κ2) is 3.60. The predicted octanol–water partition coefficient (Wildman–Crippen LogP) is -0.781. The number of H-pyrrole nitrogens is 1. The summed E-state index contributed by atoms with van der Waals surface area (Å²) in [4.78, 5) is 11.5. The van der Waals surface area contributed by atoms with Crippen molar-refractivity contribution >= 4 is 0 Å².